The molecule has 2 rings (SSSR count). The van der Waals surface area contributed by atoms with Gasteiger partial charge in [0.25, 0.3) is 0 Å². The first-order valence-corrected chi connectivity index (χ1v) is 9.01. The predicted molar refractivity (Wildman–Crippen MR) is 87.4 cm³/mol. The summed E-state index contributed by atoms with van der Waals surface area (Å²) >= 11 is 0. The summed E-state index contributed by atoms with van der Waals surface area (Å²) in [6, 6.07) is 2.69. The molecule has 0 spiro atoms. The molecule has 0 radical (unpaired) electrons. The summed E-state index contributed by atoms with van der Waals surface area (Å²) in [5.74, 6) is 0. The Bertz CT molecular complexity index is 382. The highest BCUT2D eigenvalue weighted by molar-refractivity contribution is 5.01. The number of hydrogen-bond donors (Lipinski definition) is 1. The van der Waals surface area contributed by atoms with E-state index < -0.39 is 0 Å². The van der Waals surface area contributed by atoms with Crippen LogP contribution in [0.1, 0.15) is 89.3 Å². The Morgan fingerprint density at radius 3 is 2.67 bits per heavy atom. The second-order valence-electron chi connectivity index (χ2n) is 6.64. The number of aliphatic hydroxyl groups is 1. The van der Waals surface area contributed by atoms with Gasteiger partial charge in [0.15, 0.2) is 0 Å². The van der Waals surface area contributed by atoms with Crippen molar-refractivity contribution in [3.05, 3.63) is 18.0 Å². The van der Waals surface area contributed by atoms with Gasteiger partial charge in [-0.25, -0.2) is 0 Å². The zero-order valence-corrected chi connectivity index (χ0v) is 13.6. The van der Waals surface area contributed by atoms with Crippen LogP contribution in [0, 0.1) is 0 Å². The minimum Gasteiger partial charge on any atom is -0.393 e. The van der Waals surface area contributed by atoms with Crippen LogP contribution in [0.4, 0.5) is 0 Å². The molecule has 1 heterocycles. The molecular formula is C18H32N2O. The third-order valence-corrected chi connectivity index (χ3v) is 4.70. The lowest BCUT2D eigenvalue weighted by atomic mass is 10.0. The summed E-state index contributed by atoms with van der Waals surface area (Å²) < 4.78 is 2.12. The van der Waals surface area contributed by atoms with Gasteiger partial charge in [0.05, 0.1) is 17.8 Å². The fraction of sp³-hybridized carbons (Fsp3) is 0.833. The first-order valence-electron chi connectivity index (χ1n) is 9.01. The lowest BCUT2D eigenvalue weighted by Gasteiger charge is -2.10. The summed E-state index contributed by atoms with van der Waals surface area (Å²) in [5.41, 5.74) is 1.06. The fourth-order valence-electron chi connectivity index (χ4n) is 3.36. The highest BCUT2D eigenvalue weighted by atomic mass is 16.3. The molecule has 1 atom stereocenters. The third-order valence-electron chi connectivity index (χ3n) is 4.70. The van der Waals surface area contributed by atoms with Crippen molar-refractivity contribution in [2.45, 2.75) is 96.1 Å². The Balaban J connectivity index is 1.62. The highest BCUT2D eigenvalue weighted by Crippen LogP contribution is 2.28. The van der Waals surface area contributed by atoms with Crippen LogP contribution in [0.3, 0.4) is 0 Å². The number of aliphatic hydroxyl groups excluding tert-OH is 1. The molecule has 0 saturated heterocycles. The molecule has 3 nitrogen and oxygen atoms in total. The SMILES string of the molecule is CCCCCCCCC(O)Cc1ccn(C2CCCC2)n1. The molecule has 1 aromatic heterocycles. The van der Waals surface area contributed by atoms with Gasteiger partial charge in [0.1, 0.15) is 0 Å². The van der Waals surface area contributed by atoms with E-state index in [1.54, 1.807) is 0 Å². The largest absolute Gasteiger partial charge is 0.393 e. The van der Waals surface area contributed by atoms with Crippen molar-refractivity contribution in [1.29, 1.82) is 0 Å². The Hall–Kier alpha value is -0.830. The molecule has 1 unspecified atom stereocenters. The molecule has 0 amide bonds. The van der Waals surface area contributed by atoms with E-state index in [0.717, 1.165) is 18.5 Å². The standard InChI is InChI=1S/C18H32N2O/c1-2-3-4-5-6-7-12-18(21)15-16-13-14-20(19-16)17-10-8-9-11-17/h13-14,17-18,21H,2-12,15H2,1H3. The van der Waals surface area contributed by atoms with E-state index in [2.05, 4.69) is 29.0 Å². The smallest absolute Gasteiger partial charge is 0.0650 e. The first-order chi connectivity index (χ1) is 10.3. The van der Waals surface area contributed by atoms with Crippen molar-refractivity contribution in [1.82, 2.24) is 9.78 Å². The first kappa shape index (κ1) is 16.5. The van der Waals surface area contributed by atoms with E-state index in [0.29, 0.717) is 12.5 Å². The second-order valence-corrected chi connectivity index (χ2v) is 6.64. The van der Waals surface area contributed by atoms with Gasteiger partial charge in [-0.1, -0.05) is 58.3 Å². The molecule has 1 saturated carbocycles. The summed E-state index contributed by atoms with van der Waals surface area (Å²) in [6.07, 6.45) is 16.4. The molecule has 21 heavy (non-hydrogen) atoms. The minimum atomic E-state index is -0.219. The average molecular weight is 292 g/mol. The van der Waals surface area contributed by atoms with Crippen molar-refractivity contribution in [2.75, 3.05) is 0 Å². The van der Waals surface area contributed by atoms with Crippen LogP contribution in [-0.4, -0.2) is 21.0 Å². The van der Waals surface area contributed by atoms with Crippen molar-refractivity contribution >= 4 is 0 Å². The summed E-state index contributed by atoms with van der Waals surface area (Å²) in [6.45, 7) is 2.24. The average Bonchev–Trinajstić information content (AvgIpc) is 3.13. The van der Waals surface area contributed by atoms with Gasteiger partial charge in [-0.05, 0) is 25.3 Å². The quantitative estimate of drug-likeness (QED) is 0.637. The van der Waals surface area contributed by atoms with Crippen LogP contribution < -0.4 is 0 Å². The summed E-state index contributed by atoms with van der Waals surface area (Å²) in [5, 5.41) is 14.8. The molecule has 0 aromatic carbocycles. The lowest BCUT2D eigenvalue weighted by molar-refractivity contribution is 0.159. The van der Waals surface area contributed by atoms with Crippen LogP contribution in [-0.2, 0) is 6.42 Å². The van der Waals surface area contributed by atoms with E-state index in [4.69, 9.17) is 0 Å². The summed E-state index contributed by atoms with van der Waals surface area (Å²) in [4.78, 5) is 0. The normalized spacial score (nSPS) is 17.4. The van der Waals surface area contributed by atoms with Gasteiger partial charge in [-0.3, -0.25) is 4.68 Å². The maximum Gasteiger partial charge on any atom is 0.0650 e. The highest BCUT2D eigenvalue weighted by Gasteiger charge is 2.18. The predicted octanol–water partition coefficient (Wildman–Crippen LogP) is 4.65. The van der Waals surface area contributed by atoms with Crippen molar-refractivity contribution in [3.63, 3.8) is 0 Å². The van der Waals surface area contributed by atoms with E-state index in [1.807, 2.05) is 0 Å². The Morgan fingerprint density at radius 2 is 1.90 bits per heavy atom. The van der Waals surface area contributed by atoms with Gasteiger partial charge < -0.3 is 5.11 Å². The van der Waals surface area contributed by atoms with Crippen LogP contribution in [0.15, 0.2) is 12.3 Å². The molecule has 1 aliphatic carbocycles. The van der Waals surface area contributed by atoms with Crippen molar-refractivity contribution < 1.29 is 5.11 Å². The van der Waals surface area contributed by atoms with E-state index in [-0.39, 0.29) is 6.10 Å². The number of nitrogens with zero attached hydrogens (tertiary/aromatic N) is 2. The van der Waals surface area contributed by atoms with Crippen molar-refractivity contribution in [3.8, 4) is 0 Å². The molecule has 0 aliphatic heterocycles. The maximum absolute atomic E-state index is 10.1. The molecule has 0 bridgehead atoms. The number of aromatic nitrogens is 2. The van der Waals surface area contributed by atoms with Gasteiger partial charge >= 0.3 is 0 Å². The molecule has 1 aromatic rings. The van der Waals surface area contributed by atoms with Crippen LogP contribution >= 0.6 is 0 Å². The Morgan fingerprint density at radius 1 is 1.19 bits per heavy atom. The maximum atomic E-state index is 10.1. The Labute approximate surface area is 129 Å². The lowest BCUT2D eigenvalue weighted by Crippen LogP contribution is -2.12. The third kappa shape index (κ3) is 5.82. The van der Waals surface area contributed by atoms with Gasteiger partial charge in [0, 0.05) is 12.6 Å². The van der Waals surface area contributed by atoms with Crippen LogP contribution in [0.2, 0.25) is 0 Å². The second kappa shape index (κ2) is 9.24. The summed E-state index contributed by atoms with van der Waals surface area (Å²) in [7, 11) is 0. The van der Waals surface area contributed by atoms with E-state index in [9.17, 15) is 5.11 Å². The monoisotopic (exact) mass is 292 g/mol. The van der Waals surface area contributed by atoms with Crippen molar-refractivity contribution in [2.24, 2.45) is 0 Å². The van der Waals surface area contributed by atoms with Crippen LogP contribution in [0.25, 0.3) is 0 Å². The molecule has 1 fully saturated rings. The van der Waals surface area contributed by atoms with Gasteiger partial charge in [-0.2, -0.15) is 5.10 Å². The minimum absolute atomic E-state index is 0.219. The molecular weight excluding hydrogens is 260 g/mol. The molecule has 3 heteroatoms. The molecule has 1 N–H and O–H groups in total. The number of unbranched alkanes of at least 4 members (excludes halogenated alkanes) is 5. The molecule has 1 aliphatic rings. The zero-order valence-electron chi connectivity index (χ0n) is 13.6. The van der Waals surface area contributed by atoms with E-state index >= 15 is 0 Å². The molecule has 120 valence electrons. The van der Waals surface area contributed by atoms with Crippen LogP contribution in [0.5, 0.6) is 0 Å². The van der Waals surface area contributed by atoms with E-state index in [1.165, 1.54) is 57.8 Å². The fourth-order valence-corrected chi connectivity index (χ4v) is 3.36. The number of hydrogen-bond acceptors (Lipinski definition) is 2. The topological polar surface area (TPSA) is 38.0 Å². The Kier molecular flexibility index (Phi) is 7.28. The van der Waals surface area contributed by atoms with Gasteiger partial charge in [-0.15, -0.1) is 0 Å². The van der Waals surface area contributed by atoms with Gasteiger partial charge in [0.2, 0.25) is 0 Å². The number of rotatable bonds is 10. The zero-order chi connectivity index (χ0) is 14.9.